The van der Waals surface area contributed by atoms with E-state index in [1.54, 1.807) is 6.07 Å². The van der Waals surface area contributed by atoms with E-state index >= 15 is 0 Å². The standard InChI is InChI=1S/C17H20BrNO/c1-2-19-12-14(16-8-3-4-9-17(16)18)10-13-6-5-7-15(20)11-13/h3-9,11,14,19-20H,2,10,12H2,1H3. The van der Waals surface area contributed by atoms with Crippen LogP contribution in [0.15, 0.2) is 53.0 Å². The van der Waals surface area contributed by atoms with Crippen LogP contribution in [0.5, 0.6) is 5.75 Å². The average molecular weight is 334 g/mol. The molecule has 0 spiro atoms. The number of phenols is 1. The summed E-state index contributed by atoms with van der Waals surface area (Å²) in [6, 6.07) is 15.9. The first-order chi connectivity index (χ1) is 9.70. The zero-order chi connectivity index (χ0) is 14.4. The fraction of sp³-hybridized carbons (Fsp3) is 0.294. The lowest BCUT2D eigenvalue weighted by molar-refractivity contribution is 0.474. The summed E-state index contributed by atoms with van der Waals surface area (Å²) in [5.74, 6) is 0.712. The number of halogens is 1. The molecule has 0 saturated heterocycles. The maximum absolute atomic E-state index is 9.60. The number of rotatable bonds is 6. The second-order valence-corrected chi connectivity index (χ2v) is 5.75. The minimum absolute atomic E-state index is 0.330. The molecule has 2 rings (SSSR count). The quantitative estimate of drug-likeness (QED) is 0.834. The maximum Gasteiger partial charge on any atom is 0.115 e. The van der Waals surface area contributed by atoms with Crippen molar-refractivity contribution < 1.29 is 5.11 Å². The molecule has 2 aromatic carbocycles. The molecule has 0 aliphatic rings. The van der Waals surface area contributed by atoms with E-state index in [1.807, 2.05) is 18.2 Å². The van der Waals surface area contributed by atoms with E-state index in [2.05, 4.69) is 52.4 Å². The van der Waals surface area contributed by atoms with Crippen LogP contribution in [0.3, 0.4) is 0 Å². The first kappa shape index (κ1) is 15.1. The minimum Gasteiger partial charge on any atom is -0.508 e. The van der Waals surface area contributed by atoms with Crippen molar-refractivity contribution in [3.05, 3.63) is 64.1 Å². The van der Waals surface area contributed by atoms with Gasteiger partial charge in [0.1, 0.15) is 5.75 Å². The molecule has 0 saturated carbocycles. The fourth-order valence-electron chi connectivity index (χ4n) is 2.38. The summed E-state index contributed by atoms with van der Waals surface area (Å²) >= 11 is 3.64. The Morgan fingerprint density at radius 3 is 2.65 bits per heavy atom. The number of nitrogens with one attached hydrogen (secondary N) is 1. The summed E-state index contributed by atoms with van der Waals surface area (Å²) in [6.45, 7) is 4.00. The highest BCUT2D eigenvalue weighted by molar-refractivity contribution is 9.10. The zero-order valence-electron chi connectivity index (χ0n) is 11.6. The van der Waals surface area contributed by atoms with Gasteiger partial charge in [0.25, 0.3) is 0 Å². The Kier molecular flexibility index (Phi) is 5.62. The Morgan fingerprint density at radius 2 is 1.95 bits per heavy atom. The Bertz CT molecular complexity index is 556. The van der Waals surface area contributed by atoms with Gasteiger partial charge in [0.05, 0.1) is 0 Å². The Hall–Kier alpha value is -1.32. The van der Waals surface area contributed by atoms with Gasteiger partial charge in [-0.1, -0.05) is 53.2 Å². The highest BCUT2D eigenvalue weighted by atomic mass is 79.9. The molecule has 0 fully saturated rings. The lowest BCUT2D eigenvalue weighted by Crippen LogP contribution is -2.23. The van der Waals surface area contributed by atoms with Gasteiger partial charge in [0.2, 0.25) is 0 Å². The zero-order valence-corrected chi connectivity index (χ0v) is 13.2. The van der Waals surface area contributed by atoms with Crippen LogP contribution < -0.4 is 5.32 Å². The molecule has 0 heterocycles. The van der Waals surface area contributed by atoms with Crippen LogP contribution in [0.4, 0.5) is 0 Å². The first-order valence-electron chi connectivity index (χ1n) is 6.93. The molecular formula is C17H20BrNO. The molecule has 20 heavy (non-hydrogen) atoms. The Morgan fingerprint density at radius 1 is 1.15 bits per heavy atom. The Labute approximate surface area is 129 Å². The normalized spacial score (nSPS) is 12.3. The van der Waals surface area contributed by atoms with Crippen LogP contribution in [0.2, 0.25) is 0 Å². The molecule has 2 nitrogen and oxygen atoms in total. The van der Waals surface area contributed by atoms with E-state index in [-0.39, 0.29) is 0 Å². The summed E-state index contributed by atoms with van der Waals surface area (Å²) < 4.78 is 1.14. The Balaban J connectivity index is 2.22. The van der Waals surface area contributed by atoms with Crippen molar-refractivity contribution in [2.75, 3.05) is 13.1 Å². The minimum atomic E-state index is 0.330. The third kappa shape index (κ3) is 4.09. The maximum atomic E-state index is 9.60. The molecule has 0 bridgehead atoms. The molecule has 2 N–H and O–H groups in total. The smallest absolute Gasteiger partial charge is 0.115 e. The molecule has 2 aromatic rings. The lowest BCUT2D eigenvalue weighted by Gasteiger charge is -2.19. The molecular weight excluding hydrogens is 314 g/mol. The van der Waals surface area contributed by atoms with Crippen LogP contribution in [-0.2, 0) is 6.42 Å². The third-order valence-electron chi connectivity index (χ3n) is 3.38. The van der Waals surface area contributed by atoms with E-state index in [4.69, 9.17) is 0 Å². The van der Waals surface area contributed by atoms with E-state index < -0.39 is 0 Å². The monoisotopic (exact) mass is 333 g/mol. The topological polar surface area (TPSA) is 32.3 Å². The summed E-state index contributed by atoms with van der Waals surface area (Å²) in [6.07, 6.45) is 0.907. The van der Waals surface area contributed by atoms with Crippen molar-refractivity contribution in [1.29, 1.82) is 0 Å². The molecule has 0 aromatic heterocycles. The summed E-state index contributed by atoms with van der Waals surface area (Å²) in [7, 11) is 0. The second kappa shape index (κ2) is 7.46. The largest absolute Gasteiger partial charge is 0.508 e. The number of hydrogen-bond donors (Lipinski definition) is 2. The van der Waals surface area contributed by atoms with Gasteiger partial charge in [-0.2, -0.15) is 0 Å². The van der Waals surface area contributed by atoms with Crippen LogP contribution in [0.1, 0.15) is 24.0 Å². The van der Waals surface area contributed by atoms with Crippen LogP contribution in [0.25, 0.3) is 0 Å². The van der Waals surface area contributed by atoms with Crippen molar-refractivity contribution in [2.24, 2.45) is 0 Å². The average Bonchev–Trinajstić information content (AvgIpc) is 2.44. The molecule has 0 radical (unpaired) electrons. The lowest BCUT2D eigenvalue weighted by atomic mass is 9.92. The molecule has 0 aliphatic heterocycles. The highest BCUT2D eigenvalue weighted by Crippen LogP contribution is 2.28. The number of aromatic hydroxyl groups is 1. The molecule has 106 valence electrons. The van der Waals surface area contributed by atoms with E-state index in [0.29, 0.717) is 11.7 Å². The van der Waals surface area contributed by atoms with Crippen LogP contribution in [0, 0.1) is 0 Å². The van der Waals surface area contributed by atoms with Crippen molar-refractivity contribution in [3.8, 4) is 5.75 Å². The van der Waals surface area contributed by atoms with E-state index in [9.17, 15) is 5.11 Å². The van der Waals surface area contributed by atoms with Crippen molar-refractivity contribution in [1.82, 2.24) is 5.32 Å². The predicted molar refractivity (Wildman–Crippen MR) is 87.2 cm³/mol. The number of hydrogen-bond acceptors (Lipinski definition) is 2. The third-order valence-corrected chi connectivity index (χ3v) is 4.10. The fourth-order valence-corrected chi connectivity index (χ4v) is 2.99. The molecule has 1 atom stereocenters. The summed E-state index contributed by atoms with van der Waals surface area (Å²) in [4.78, 5) is 0. The highest BCUT2D eigenvalue weighted by Gasteiger charge is 2.14. The van der Waals surface area contributed by atoms with Gasteiger partial charge < -0.3 is 10.4 Å². The van der Waals surface area contributed by atoms with Crippen LogP contribution >= 0.6 is 15.9 Å². The molecule has 0 aliphatic carbocycles. The summed E-state index contributed by atoms with van der Waals surface area (Å²) in [5.41, 5.74) is 2.46. The van der Waals surface area contributed by atoms with Gasteiger partial charge in [0.15, 0.2) is 0 Å². The number of benzene rings is 2. The summed E-state index contributed by atoms with van der Waals surface area (Å²) in [5, 5.41) is 13.0. The second-order valence-electron chi connectivity index (χ2n) is 4.90. The van der Waals surface area contributed by atoms with Crippen LogP contribution in [-0.4, -0.2) is 18.2 Å². The van der Waals surface area contributed by atoms with E-state index in [1.165, 1.54) is 5.56 Å². The van der Waals surface area contributed by atoms with Gasteiger partial charge >= 0.3 is 0 Å². The number of likely N-dealkylation sites (N-methyl/N-ethyl adjacent to an activating group) is 1. The molecule has 0 amide bonds. The van der Waals surface area contributed by atoms with Gasteiger partial charge in [0, 0.05) is 16.9 Å². The molecule has 1 unspecified atom stereocenters. The van der Waals surface area contributed by atoms with Gasteiger partial charge in [-0.05, 0) is 42.3 Å². The van der Waals surface area contributed by atoms with Crippen molar-refractivity contribution in [3.63, 3.8) is 0 Å². The van der Waals surface area contributed by atoms with Gasteiger partial charge in [-0.25, -0.2) is 0 Å². The van der Waals surface area contributed by atoms with Gasteiger partial charge in [-0.3, -0.25) is 0 Å². The SMILES string of the molecule is CCNCC(Cc1cccc(O)c1)c1ccccc1Br. The predicted octanol–water partition coefficient (Wildman–Crippen LogP) is 4.09. The van der Waals surface area contributed by atoms with Crippen molar-refractivity contribution in [2.45, 2.75) is 19.3 Å². The number of phenolic OH excluding ortho intramolecular Hbond substituents is 1. The molecule has 3 heteroatoms. The van der Waals surface area contributed by atoms with Crippen molar-refractivity contribution >= 4 is 15.9 Å². The van der Waals surface area contributed by atoms with E-state index in [0.717, 1.165) is 29.5 Å². The van der Waals surface area contributed by atoms with Gasteiger partial charge in [-0.15, -0.1) is 0 Å². The first-order valence-corrected chi connectivity index (χ1v) is 7.73.